The third kappa shape index (κ3) is 4.89. The Labute approximate surface area is 126 Å². The van der Waals surface area contributed by atoms with Gasteiger partial charge in [-0.25, -0.2) is 17.9 Å². The molecule has 0 amide bonds. The first-order chi connectivity index (χ1) is 9.24. The average molecular weight is 369 g/mol. The van der Waals surface area contributed by atoms with Crippen molar-refractivity contribution in [2.24, 2.45) is 0 Å². The number of aromatic carboxylic acids is 1. The smallest absolute Gasteiger partial charge is 0.371 e. The summed E-state index contributed by atoms with van der Waals surface area (Å²) < 4.78 is 31.1. The number of furan rings is 1. The zero-order valence-corrected chi connectivity index (χ0v) is 13.6. The van der Waals surface area contributed by atoms with Crippen molar-refractivity contribution < 1.29 is 22.7 Å². The van der Waals surface area contributed by atoms with Gasteiger partial charge in [0.25, 0.3) is 0 Å². The van der Waals surface area contributed by atoms with Gasteiger partial charge in [0, 0.05) is 12.6 Å². The molecule has 2 N–H and O–H groups in total. The fourth-order valence-electron chi connectivity index (χ4n) is 1.48. The van der Waals surface area contributed by atoms with Crippen molar-refractivity contribution in [3.63, 3.8) is 0 Å². The standard InChI is InChI=1S/C11H17BrN2O5S/c1-14(2)6-4-3-5-13-20(17,18)9-7-8(11(15)16)19-10(9)12/h7,13H,3-6H2,1-2H3,(H,15,16). The molecular weight excluding hydrogens is 352 g/mol. The highest BCUT2D eigenvalue weighted by molar-refractivity contribution is 9.10. The van der Waals surface area contributed by atoms with Crippen molar-refractivity contribution in [1.29, 1.82) is 0 Å². The number of carboxylic acid groups (broad SMARTS) is 1. The van der Waals surface area contributed by atoms with Gasteiger partial charge in [0.15, 0.2) is 4.67 Å². The molecule has 0 fully saturated rings. The van der Waals surface area contributed by atoms with Crippen molar-refractivity contribution in [3.8, 4) is 0 Å². The first-order valence-electron chi connectivity index (χ1n) is 5.91. The number of hydrogen-bond acceptors (Lipinski definition) is 5. The molecule has 0 aliphatic rings. The van der Waals surface area contributed by atoms with Gasteiger partial charge in [-0.3, -0.25) is 0 Å². The normalized spacial score (nSPS) is 12.0. The third-order valence-electron chi connectivity index (χ3n) is 2.48. The summed E-state index contributed by atoms with van der Waals surface area (Å²) in [7, 11) is 0.117. The first kappa shape index (κ1) is 17.2. The molecule has 0 bridgehead atoms. The van der Waals surface area contributed by atoms with Gasteiger partial charge in [-0.15, -0.1) is 0 Å². The van der Waals surface area contributed by atoms with Crippen LogP contribution < -0.4 is 4.72 Å². The van der Waals surface area contributed by atoms with E-state index in [0.29, 0.717) is 6.42 Å². The Balaban J connectivity index is 2.63. The number of carboxylic acids is 1. The summed E-state index contributed by atoms with van der Waals surface area (Å²) in [4.78, 5) is 12.5. The second-order valence-corrected chi connectivity index (χ2v) is 6.92. The van der Waals surface area contributed by atoms with Crippen LogP contribution in [0.2, 0.25) is 0 Å². The number of nitrogens with zero attached hydrogens (tertiary/aromatic N) is 1. The number of nitrogens with one attached hydrogen (secondary N) is 1. The van der Waals surface area contributed by atoms with Crippen molar-refractivity contribution in [3.05, 3.63) is 16.5 Å². The van der Waals surface area contributed by atoms with Crippen LogP contribution >= 0.6 is 15.9 Å². The molecule has 114 valence electrons. The summed E-state index contributed by atoms with van der Waals surface area (Å²) in [6.45, 7) is 1.16. The van der Waals surface area contributed by atoms with Crippen LogP contribution in [-0.2, 0) is 10.0 Å². The van der Waals surface area contributed by atoms with E-state index in [9.17, 15) is 13.2 Å². The Morgan fingerprint density at radius 1 is 1.45 bits per heavy atom. The molecule has 0 aliphatic heterocycles. The molecule has 0 saturated carbocycles. The van der Waals surface area contributed by atoms with Gasteiger partial charge in [0.2, 0.25) is 15.8 Å². The minimum atomic E-state index is -3.77. The molecule has 1 heterocycles. The Kier molecular flexibility index (Phi) is 6.18. The monoisotopic (exact) mass is 368 g/mol. The molecule has 0 radical (unpaired) electrons. The maximum absolute atomic E-state index is 12.0. The van der Waals surface area contributed by atoms with Crippen LogP contribution in [0.5, 0.6) is 0 Å². The topological polar surface area (TPSA) is 99.9 Å². The van der Waals surface area contributed by atoms with Crippen LogP contribution in [0.1, 0.15) is 23.4 Å². The fraction of sp³-hybridized carbons (Fsp3) is 0.545. The van der Waals surface area contributed by atoms with E-state index in [1.807, 2.05) is 19.0 Å². The molecule has 0 spiro atoms. The molecule has 9 heteroatoms. The van der Waals surface area contributed by atoms with E-state index in [-0.39, 0.29) is 16.1 Å². The summed E-state index contributed by atoms with van der Waals surface area (Å²) in [6, 6.07) is 0.981. The number of unbranched alkanes of at least 4 members (excludes halogenated alkanes) is 1. The molecule has 1 aromatic rings. The van der Waals surface area contributed by atoms with E-state index in [0.717, 1.165) is 19.0 Å². The zero-order chi connectivity index (χ0) is 15.3. The van der Waals surface area contributed by atoms with Crippen LogP contribution in [0.15, 0.2) is 20.0 Å². The van der Waals surface area contributed by atoms with Crippen molar-refractivity contribution in [2.75, 3.05) is 27.2 Å². The van der Waals surface area contributed by atoms with Crippen LogP contribution in [0.25, 0.3) is 0 Å². The lowest BCUT2D eigenvalue weighted by molar-refractivity contribution is 0.0661. The molecule has 1 aromatic heterocycles. The minimum absolute atomic E-state index is 0.115. The van der Waals surface area contributed by atoms with Crippen molar-refractivity contribution >= 4 is 31.9 Å². The lowest BCUT2D eigenvalue weighted by Gasteiger charge is -2.09. The van der Waals surface area contributed by atoms with Gasteiger partial charge < -0.3 is 14.4 Å². The third-order valence-corrected chi connectivity index (χ3v) is 4.80. The summed E-state index contributed by atoms with van der Waals surface area (Å²) >= 11 is 2.91. The molecule has 0 atom stereocenters. The molecule has 1 rings (SSSR count). The zero-order valence-electron chi connectivity index (χ0n) is 11.2. The number of hydrogen-bond donors (Lipinski definition) is 2. The molecule has 20 heavy (non-hydrogen) atoms. The van der Waals surface area contributed by atoms with E-state index >= 15 is 0 Å². The summed E-state index contributed by atoms with van der Waals surface area (Å²) in [5.74, 6) is -1.75. The maximum Gasteiger partial charge on any atom is 0.371 e. The van der Waals surface area contributed by atoms with Crippen molar-refractivity contribution in [2.45, 2.75) is 17.7 Å². The Hall–Kier alpha value is -0.900. The lowest BCUT2D eigenvalue weighted by atomic mass is 10.3. The second-order valence-electron chi connectivity index (χ2n) is 4.46. The highest BCUT2D eigenvalue weighted by atomic mass is 79.9. The Bertz CT molecular complexity index is 567. The fourth-order valence-corrected chi connectivity index (χ4v) is 3.49. The number of carbonyl (C=O) groups is 1. The largest absolute Gasteiger partial charge is 0.475 e. The SMILES string of the molecule is CN(C)CCCCNS(=O)(=O)c1cc(C(=O)O)oc1Br. The molecule has 0 aliphatic carbocycles. The van der Waals surface area contributed by atoms with Crippen LogP contribution in [0.3, 0.4) is 0 Å². The molecule has 7 nitrogen and oxygen atoms in total. The van der Waals surface area contributed by atoms with Gasteiger partial charge in [-0.1, -0.05) is 0 Å². The Morgan fingerprint density at radius 2 is 2.10 bits per heavy atom. The predicted octanol–water partition coefficient (Wildman–Crippen LogP) is 1.36. The summed E-state index contributed by atoms with van der Waals surface area (Å²) in [5.41, 5.74) is 0. The van der Waals surface area contributed by atoms with E-state index in [1.54, 1.807) is 0 Å². The van der Waals surface area contributed by atoms with Gasteiger partial charge in [0.05, 0.1) is 0 Å². The van der Waals surface area contributed by atoms with Crippen LogP contribution in [0, 0.1) is 0 Å². The molecular formula is C11H17BrN2O5S. The van der Waals surface area contributed by atoms with E-state index in [1.165, 1.54) is 0 Å². The van der Waals surface area contributed by atoms with Gasteiger partial charge in [-0.2, -0.15) is 0 Å². The van der Waals surface area contributed by atoms with Crippen LogP contribution in [-0.4, -0.2) is 51.6 Å². The predicted molar refractivity (Wildman–Crippen MR) is 76.3 cm³/mol. The van der Waals surface area contributed by atoms with Crippen molar-refractivity contribution in [1.82, 2.24) is 9.62 Å². The van der Waals surface area contributed by atoms with E-state index in [4.69, 9.17) is 9.52 Å². The highest BCUT2D eigenvalue weighted by Crippen LogP contribution is 2.25. The van der Waals surface area contributed by atoms with Crippen LogP contribution in [0.4, 0.5) is 0 Å². The quantitative estimate of drug-likeness (QED) is 0.672. The van der Waals surface area contributed by atoms with Gasteiger partial charge >= 0.3 is 5.97 Å². The first-order valence-corrected chi connectivity index (χ1v) is 8.18. The minimum Gasteiger partial charge on any atom is -0.475 e. The van der Waals surface area contributed by atoms with E-state index in [2.05, 4.69) is 20.7 Å². The average Bonchev–Trinajstić information content (AvgIpc) is 2.71. The molecule has 0 aromatic carbocycles. The number of halogens is 1. The van der Waals surface area contributed by atoms with Gasteiger partial charge in [-0.05, 0) is 49.4 Å². The highest BCUT2D eigenvalue weighted by Gasteiger charge is 2.24. The van der Waals surface area contributed by atoms with Gasteiger partial charge in [0.1, 0.15) is 4.90 Å². The summed E-state index contributed by atoms with van der Waals surface area (Å²) in [5, 5.41) is 8.75. The maximum atomic E-state index is 12.0. The number of rotatable bonds is 8. The molecule has 0 saturated heterocycles. The summed E-state index contributed by atoms with van der Waals surface area (Å²) in [6.07, 6.45) is 1.56. The lowest BCUT2D eigenvalue weighted by Crippen LogP contribution is -2.25. The Morgan fingerprint density at radius 3 is 2.60 bits per heavy atom. The van der Waals surface area contributed by atoms with E-state index < -0.39 is 21.8 Å². The molecule has 0 unspecified atom stereocenters. The second kappa shape index (κ2) is 7.21. The number of sulfonamides is 1.